The molecule has 0 spiro atoms. The van der Waals surface area contributed by atoms with Gasteiger partial charge in [0.25, 0.3) is 0 Å². The van der Waals surface area contributed by atoms with Crippen LogP contribution in [0.5, 0.6) is 0 Å². The lowest BCUT2D eigenvalue weighted by Crippen LogP contribution is -2.15. The van der Waals surface area contributed by atoms with Crippen LogP contribution < -0.4 is 5.84 Å². The van der Waals surface area contributed by atoms with E-state index in [1.807, 2.05) is 0 Å². The minimum absolute atomic E-state index is 0.00357. The highest BCUT2D eigenvalue weighted by molar-refractivity contribution is 6.06. The quantitative estimate of drug-likeness (QED) is 0.606. The van der Waals surface area contributed by atoms with Crippen LogP contribution in [0.15, 0.2) is 30.7 Å². The van der Waals surface area contributed by atoms with Crippen LogP contribution in [0.25, 0.3) is 21.8 Å². The molecule has 0 unspecified atom stereocenters. The molecular weight excluding hydrogens is 220 g/mol. The molecule has 0 atom stereocenters. The summed E-state index contributed by atoms with van der Waals surface area (Å²) in [4.78, 5) is 19.2. The van der Waals surface area contributed by atoms with E-state index in [0.29, 0.717) is 11.0 Å². The highest BCUT2D eigenvalue weighted by Crippen LogP contribution is 2.24. The lowest BCUT2D eigenvalue weighted by atomic mass is 10.2. The molecule has 0 fully saturated rings. The largest absolute Gasteiger partial charge is 0.477 e. The van der Waals surface area contributed by atoms with Gasteiger partial charge in [0.15, 0.2) is 0 Å². The van der Waals surface area contributed by atoms with Crippen molar-refractivity contribution in [2.45, 2.75) is 0 Å². The lowest BCUT2D eigenvalue weighted by molar-refractivity contribution is 0.0688. The van der Waals surface area contributed by atoms with Gasteiger partial charge in [-0.1, -0.05) is 0 Å². The number of hydrogen-bond donors (Lipinski definition) is 2. The fourth-order valence-electron chi connectivity index (χ4n) is 1.90. The van der Waals surface area contributed by atoms with Crippen LogP contribution in [0, 0.1) is 0 Å². The molecule has 3 N–H and O–H groups in total. The van der Waals surface area contributed by atoms with E-state index in [1.165, 1.54) is 6.07 Å². The van der Waals surface area contributed by atoms with Gasteiger partial charge in [0.2, 0.25) is 0 Å². The van der Waals surface area contributed by atoms with E-state index >= 15 is 0 Å². The fraction of sp³-hybridized carbons (Fsp3) is 0. The molecule has 0 saturated heterocycles. The molecule has 3 aromatic rings. The molecule has 3 rings (SSSR count). The highest BCUT2D eigenvalue weighted by Gasteiger charge is 2.15. The van der Waals surface area contributed by atoms with Crippen molar-refractivity contribution in [2.75, 3.05) is 5.84 Å². The Labute approximate surface area is 95.3 Å². The number of aromatic carboxylic acids is 1. The van der Waals surface area contributed by atoms with Gasteiger partial charge in [-0.05, 0) is 12.1 Å². The van der Waals surface area contributed by atoms with E-state index in [4.69, 9.17) is 10.9 Å². The summed E-state index contributed by atoms with van der Waals surface area (Å²) in [5.41, 5.74) is 1.13. The molecule has 0 radical (unpaired) electrons. The first-order chi connectivity index (χ1) is 8.18. The first-order valence-corrected chi connectivity index (χ1v) is 4.91. The van der Waals surface area contributed by atoms with E-state index in [0.717, 1.165) is 15.4 Å². The number of carboxylic acids is 1. The standard InChI is InChI=1S/C11H8N4O2/c12-15-9(11(16)17)3-8-10(15)7-5-13-2-1-6(7)4-14-8/h1-5H,12H2,(H,16,17). The number of nitrogen functional groups attached to an aromatic ring is 1. The first-order valence-electron chi connectivity index (χ1n) is 4.91. The minimum atomic E-state index is -1.08. The number of fused-ring (bicyclic) bond motifs is 3. The van der Waals surface area contributed by atoms with Crippen LogP contribution in [-0.2, 0) is 0 Å². The molecule has 3 aromatic heterocycles. The number of pyridine rings is 2. The summed E-state index contributed by atoms with van der Waals surface area (Å²) in [6.45, 7) is 0. The average Bonchev–Trinajstić information content (AvgIpc) is 2.67. The Balaban J connectivity index is 2.53. The Bertz CT molecular complexity index is 748. The van der Waals surface area contributed by atoms with Gasteiger partial charge in [-0.3, -0.25) is 14.6 Å². The summed E-state index contributed by atoms with van der Waals surface area (Å²) in [6.07, 6.45) is 4.97. The van der Waals surface area contributed by atoms with E-state index in [9.17, 15) is 4.79 Å². The van der Waals surface area contributed by atoms with Crippen LogP contribution >= 0.6 is 0 Å². The molecule has 0 aromatic carbocycles. The molecule has 3 heterocycles. The van der Waals surface area contributed by atoms with Crippen molar-refractivity contribution < 1.29 is 9.90 Å². The Hall–Kier alpha value is -2.63. The normalized spacial score (nSPS) is 11.1. The second kappa shape index (κ2) is 3.18. The number of carboxylic acid groups (broad SMARTS) is 1. The van der Waals surface area contributed by atoms with Gasteiger partial charge in [0.05, 0.1) is 11.0 Å². The van der Waals surface area contributed by atoms with Crippen molar-refractivity contribution in [3.8, 4) is 0 Å². The monoisotopic (exact) mass is 228 g/mol. The Morgan fingerprint density at radius 3 is 3.00 bits per heavy atom. The van der Waals surface area contributed by atoms with Gasteiger partial charge >= 0.3 is 5.97 Å². The number of nitrogens with two attached hydrogens (primary N) is 1. The van der Waals surface area contributed by atoms with Crippen LogP contribution in [-0.4, -0.2) is 25.7 Å². The molecule has 0 aliphatic heterocycles. The van der Waals surface area contributed by atoms with Gasteiger partial charge in [0, 0.05) is 29.4 Å². The Morgan fingerprint density at radius 2 is 2.24 bits per heavy atom. The third-order valence-corrected chi connectivity index (χ3v) is 2.69. The van der Waals surface area contributed by atoms with Gasteiger partial charge in [-0.2, -0.15) is 0 Å². The van der Waals surface area contributed by atoms with Gasteiger partial charge in [0.1, 0.15) is 5.69 Å². The van der Waals surface area contributed by atoms with Crippen molar-refractivity contribution in [1.82, 2.24) is 14.6 Å². The van der Waals surface area contributed by atoms with Crippen LogP contribution in [0.2, 0.25) is 0 Å². The molecule has 84 valence electrons. The smallest absolute Gasteiger partial charge is 0.354 e. The molecule has 0 amide bonds. The molecular formula is C11H8N4O2. The number of hydrogen-bond acceptors (Lipinski definition) is 4. The zero-order valence-corrected chi connectivity index (χ0v) is 8.66. The zero-order valence-electron chi connectivity index (χ0n) is 8.66. The SMILES string of the molecule is Nn1c(C(=O)O)cc2ncc3ccncc3c21. The van der Waals surface area contributed by atoms with Crippen LogP contribution in [0.4, 0.5) is 0 Å². The number of aromatic nitrogens is 3. The van der Waals surface area contributed by atoms with Crippen molar-refractivity contribution >= 4 is 27.8 Å². The Kier molecular flexibility index (Phi) is 1.79. The van der Waals surface area contributed by atoms with E-state index in [2.05, 4.69) is 9.97 Å². The fourth-order valence-corrected chi connectivity index (χ4v) is 1.90. The highest BCUT2D eigenvalue weighted by atomic mass is 16.4. The van der Waals surface area contributed by atoms with E-state index in [-0.39, 0.29) is 5.69 Å². The third kappa shape index (κ3) is 1.24. The molecule has 0 aliphatic rings. The van der Waals surface area contributed by atoms with E-state index < -0.39 is 5.97 Å². The average molecular weight is 228 g/mol. The van der Waals surface area contributed by atoms with Crippen LogP contribution in [0.1, 0.15) is 10.5 Å². The number of nitrogens with zero attached hydrogens (tertiary/aromatic N) is 3. The second-order valence-corrected chi connectivity index (χ2v) is 3.66. The predicted molar refractivity (Wildman–Crippen MR) is 62.1 cm³/mol. The summed E-state index contributed by atoms with van der Waals surface area (Å²) in [5, 5.41) is 10.6. The van der Waals surface area contributed by atoms with E-state index in [1.54, 1.807) is 24.7 Å². The summed E-state index contributed by atoms with van der Waals surface area (Å²) in [6, 6.07) is 3.25. The summed E-state index contributed by atoms with van der Waals surface area (Å²) >= 11 is 0. The van der Waals surface area contributed by atoms with Crippen molar-refractivity contribution in [2.24, 2.45) is 0 Å². The molecule has 6 nitrogen and oxygen atoms in total. The predicted octanol–water partition coefficient (Wildman–Crippen LogP) is 0.996. The zero-order chi connectivity index (χ0) is 12.0. The van der Waals surface area contributed by atoms with Crippen molar-refractivity contribution in [1.29, 1.82) is 0 Å². The topological polar surface area (TPSA) is 94.0 Å². The number of carbonyl (C=O) groups is 1. The number of rotatable bonds is 1. The molecule has 17 heavy (non-hydrogen) atoms. The molecule has 0 bridgehead atoms. The maximum absolute atomic E-state index is 11.0. The maximum Gasteiger partial charge on any atom is 0.354 e. The minimum Gasteiger partial charge on any atom is -0.477 e. The van der Waals surface area contributed by atoms with Gasteiger partial charge in [-0.25, -0.2) is 4.79 Å². The van der Waals surface area contributed by atoms with Crippen molar-refractivity contribution in [3.63, 3.8) is 0 Å². The van der Waals surface area contributed by atoms with Gasteiger partial charge in [-0.15, -0.1) is 0 Å². The molecule has 0 aliphatic carbocycles. The molecule has 0 saturated carbocycles. The van der Waals surface area contributed by atoms with Crippen molar-refractivity contribution in [3.05, 3.63) is 36.4 Å². The first kappa shape index (κ1) is 9.59. The van der Waals surface area contributed by atoms with Gasteiger partial charge < -0.3 is 10.9 Å². The lowest BCUT2D eigenvalue weighted by Gasteiger charge is -2.02. The summed E-state index contributed by atoms with van der Waals surface area (Å²) < 4.78 is 1.13. The summed E-state index contributed by atoms with van der Waals surface area (Å²) in [7, 11) is 0. The Morgan fingerprint density at radius 1 is 1.41 bits per heavy atom. The molecule has 6 heteroatoms. The van der Waals surface area contributed by atoms with Crippen LogP contribution in [0.3, 0.4) is 0 Å². The maximum atomic E-state index is 11.0. The second-order valence-electron chi connectivity index (χ2n) is 3.66. The third-order valence-electron chi connectivity index (χ3n) is 2.69. The summed E-state index contributed by atoms with van der Waals surface area (Å²) in [5.74, 6) is 4.69.